The van der Waals surface area contributed by atoms with Crippen LogP contribution in [0.2, 0.25) is 0 Å². The summed E-state index contributed by atoms with van der Waals surface area (Å²) in [6.45, 7) is 7.12. The molecule has 2 N–H and O–H groups in total. The highest BCUT2D eigenvalue weighted by atomic mass is 16.4. The van der Waals surface area contributed by atoms with Crippen LogP contribution < -0.4 is 5.32 Å². The maximum absolute atomic E-state index is 10.4. The monoisotopic (exact) mass is 214 g/mol. The molecule has 15 heavy (non-hydrogen) atoms. The number of likely N-dealkylation sites (N-methyl/N-ethyl adjacent to an activating group) is 1. The highest BCUT2D eigenvalue weighted by Crippen LogP contribution is 2.25. The van der Waals surface area contributed by atoms with Gasteiger partial charge in [-0.2, -0.15) is 0 Å². The van der Waals surface area contributed by atoms with Gasteiger partial charge in [-0.3, -0.25) is 9.69 Å². The fourth-order valence-electron chi connectivity index (χ4n) is 1.83. The molecular formula is C11H22N2O2. The lowest BCUT2D eigenvalue weighted by Crippen LogP contribution is -2.37. The number of carboxylic acid groups (broad SMARTS) is 1. The van der Waals surface area contributed by atoms with Gasteiger partial charge in [0.2, 0.25) is 0 Å². The predicted molar refractivity (Wildman–Crippen MR) is 60.0 cm³/mol. The quantitative estimate of drug-likeness (QED) is 0.631. The molecule has 88 valence electrons. The molecule has 1 saturated carbocycles. The summed E-state index contributed by atoms with van der Waals surface area (Å²) in [5.41, 5.74) is 0. The second kappa shape index (κ2) is 6.08. The maximum atomic E-state index is 10.4. The second-order valence-electron chi connectivity index (χ2n) is 4.31. The van der Waals surface area contributed by atoms with Crippen molar-refractivity contribution in [3.8, 4) is 0 Å². The summed E-state index contributed by atoms with van der Waals surface area (Å²) in [5.74, 6) is -0.732. The van der Waals surface area contributed by atoms with Crippen LogP contribution in [-0.4, -0.2) is 47.7 Å². The molecule has 4 heteroatoms. The Morgan fingerprint density at radius 1 is 1.60 bits per heavy atom. The first-order valence-electron chi connectivity index (χ1n) is 5.82. The minimum absolute atomic E-state index is 0.0698. The van der Waals surface area contributed by atoms with Gasteiger partial charge in [-0.05, 0) is 26.3 Å². The molecule has 0 aromatic rings. The minimum atomic E-state index is -0.732. The van der Waals surface area contributed by atoms with Crippen molar-refractivity contribution in [3.05, 3.63) is 0 Å². The third-order valence-corrected chi connectivity index (χ3v) is 2.84. The molecule has 1 aliphatic carbocycles. The third kappa shape index (κ3) is 5.14. The molecule has 0 heterocycles. The van der Waals surface area contributed by atoms with Gasteiger partial charge in [-0.15, -0.1) is 0 Å². The van der Waals surface area contributed by atoms with Gasteiger partial charge in [-0.1, -0.05) is 6.92 Å². The van der Waals surface area contributed by atoms with E-state index in [0.29, 0.717) is 0 Å². The van der Waals surface area contributed by atoms with E-state index in [2.05, 4.69) is 17.1 Å². The lowest BCUT2D eigenvalue weighted by Gasteiger charge is -2.21. The van der Waals surface area contributed by atoms with E-state index in [-0.39, 0.29) is 12.5 Å². The Hall–Kier alpha value is -0.610. The van der Waals surface area contributed by atoms with E-state index in [9.17, 15) is 4.79 Å². The Kier molecular flexibility index (Phi) is 5.05. The molecule has 1 rings (SSSR count). The van der Waals surface area contributed by atoms with Gasteiger partial charge in [0, 0.05) is 25.2 Å². The van der Waals surface area contributed by atoms with Crippen LogP contribution in [0.4, 0.5) is 0 Å². The molecule has 1 fully saturated rings. The van der Waals surface area contributed by atoms with Crippen LogP contribution >= 0.6 is 0 Å². The molecule has 0 aliphatic heterocycles. The average molecular weight is 214 g/mol. The van der Waals surface area contributed by atoms with Gasteiger partial charge in [0.1, 0.15) is 0 Å². The highest BCUT2D eigenvalue weighted by molar-refractivity contribution is 5.67. The van der Waals surface area contributed by atoms with Gasteiger partial charge in [0.15, 0.2) is 0 Å². The molecule has 4 nitrogen and oxygen atoms in total. The number of carbonyl (C=O) groups is 1. The Bertz CT molecular complexity index is 205. The number of carboxylic acids is 1. The molecule has 0 saturated heterocycles. The van der Waals surface area contributed by atoms with E-state index >= 15 is 0 Å². The van der Waals surface area contributed by atoms with E-state index in [1.54, 1.807) is 0 Å². The van der Waals surface area contributed by atoms with Gasteiger partial charge >= 0.3 is 5.97 Å². The summed E-state index contributed by atoms with van der Waals surface area (Å²) in [7, 11) is 0. The first-order chi connectivity index (χ1) is 7.13. The smallest absolute Gasteiger partial charge is 0.304 e. The zero-order chi connectivity index (χ0) is 11.3. The van der Waals surface area contributed by atoms with Gasteiger partial charge < -0.3 is 10.4 Å². The zero-order valence-corrected chi connectivity index (χ0v) is 9.70. The summed E-state index contributed by atoms with van der Waals surface area (Å²) >= 11 is 0. The maximum Gasteiger partial charge on any atom is 0.304 e. The van der Waals surface area contributed by atoms with Crippen molar-refractivity contribution in [3.63, 3.8) is 0 Å². The normalized spacial score (nSPS) is 18.1. The summed E-state index contributed by atoms with van der Waals surface area (Å²) in [5, 5.41) is 11.8. The highest BCUT2D eigenvalue weighted by Gasteiger charge is 2.27. The molecule has 0 radical (unpaired) electrons. The number of nitrogens with zero attached hydrogens (tertiary/aromatic N) is 1. The molecule has 1 aliphatic rings. The van der Waals surface area contributed by atoms with Crippen molar-refractivity contribution < 1.29 is 9.90 Å². The van der Waals surface area contributed by atoms with Crippen molar-refractivity contribution in [2.24, 2.45) is 0 Å². The Balaban J connectivity index is 2.06. The van der Waals surface area contributed by atoms with Crippen LogP contribution in [-0.2, 0) is 4.79 Å². The summed E-state index contributed by atoms with van der Waals surface area (Å²) in [4.78, 5) is 12.9. The topological polar surface area (TPSA) is 52.6 Å². The average Bonchev–Trinajstić information content (AvgIpc) is 2.94. The minimum Gasteiger partial charge on any atom is -0.481 e. The summed E-state index contributed by atoms with van der Waals surface area (Å²) in [6, 6.07) is 0.868. The van der Waals surface area contributed by atoms with E-state index in [0.717, 1.165) is 25.7 Å². The van der Waals surface area contributed by atoms with Crippen LogP contribution in [0.25, 0.3) is 0 Å². The number of hydrogen-bond acceptors (Lipinski definition) is 3. The van der Waals surface area contributed by atoms with Crippen LogP contribution in [0.3, 0.4) is 0 Å². The van der Waals surface area contributed by atoms with Crippen molar-refractivity contribution in [1.29, 1.82) is 0 Å². The van der Waals surface area contributed by atoms with E-state index in [4.69, 9.17) is 5.11 Å². The molecular weight excluding hydrogens is 192 g/mol. The Morgan fingerprint density at radius 2 is 2.27 bits per heavy atom. The number of rotatable bonds is 8. The first kappa shape index (κ1) is 12.5. The van der Waals surface area contributed by atoms with Gasteiger partial charge in [-0.25, -0.2) is 0 Å². The molecule has 0 aromatic heterocycles. The lowest BCUT2D eigenvalue weighted by molar-refractivity contribution is -0.137. The predicted octanol–water partition coefficient (Wildman–Crippen LogP) is 0.923. The number of nitrogens with one attached hydrogen (secondary N) is 1. The van der Waals surface area contributed by atoms with E-state index in [1.807, 2.05) is 6.92 Å². The molecule has 0 spiro atoms. The van der Waals surface area contributed by atoms with Crippen LogP contribution in [0, 0.1) is 0 Å². The second-order valence-corrected chi connectivity index (χ2v) is 4.31. The summed E-state index contributed by atoms with van der Waals surface area (Å²) in [6.07, 6.45) is 2.87. The zero-order valence-electron chi connectivity index (χ0n) is 9.70. The van der Waals surface area contributed by atoms with Crippen LogP contribution in [0.15, 0.2) is 0 Å². The van der Waals surface area contributed by atoms with Crippen LogP contribution in [0.1, 0.15) is 33.1 Å². The largest absolute Gasteiger partial charge is 0.481 e. The van der Waals surface area contributed by atoms with Crippen molar-refractivity contribution in [2.75, 3.05) is 19.6 Å². The lowest BCUT2D eigenvalue weighted by atomic mass is 10.2. The van der Waals surface area contributed by atoms with E-state index in [1.165, 1.54) is 12.8 Å². The van der Waals surface area contributed by atoms with Crippen molar-refractivity contribution in [2.45, 2.75) is 45.2 Å². The fourth-order valence-corrected chi connectivity index (χ4v) is 1.83. The number of hydrogen-bond donors (Lipinski definition) is 2. The summed E-state index contributed by atoms with van der Waals surface area (Å²) < 4.78 is 0. The molecule has 1 atom stereocenters. The first-order valence-corrected chi connectivity index (χ1v) is 5.82. The van der Waals surface area contributed by atoms with Gasteiger partial charge in [0.25, 0.3) is 0 Å². The molecule has 0 amide bonds. The standard InChI is InChI=1S/C11H22N2O2/c1-3-13(10-4-5-10)7-6-12-9(2)8-11(14)15/h9-10,12H,3-8H2,1-2H3,(H,14,15). The SMILES string of the molecule is CCN(CCNC(C)CC(=O)O)C1CC1. The van der Waals surface area contributed by atoms with Crippen LogP contribution in [0.5, 0.6) is 0 Å². The van der Waals surface area contributed by atoms with E-state index < -0.39 is 5.97 Å². The fraction of sp³-hybridized carbons (Fsp3) is 0.909. The van der Waals surface area contributed by atoms with Crippen molar-refractivity contribution >= 4 is 5.97 Å². The molecule has 0 bridgehead atoms. The Morgan fingerprint density at radius 3 is 2.73 bits per heavy atom. The molecule has 0 aromatic carbocycles. The Labute approximate surface area is 91.6 Å². The molecule has 1 unspecified atom stereocenters. The third-order valence-electron chi connectivity index (χ3n) is 2.84. The van der Waals surface area contributed by atoms with Gasteiger partial charge in [0.05, 0.1) is 6.42 Å². The van der Waals surface area contributed by atoms with Crippen molar-refractivity contribution in [1.82, 2.24) is 10.2 Å². The number of aliphatic carboxylic acids is 1.